The van der Waals surface area contributed by atoms with E-state index in [-0.39, 0.29) is 11.8 Å². The van der Waals surface area contributed by atoms with Gasteiger partial charge in [0.1, 0.15) is 0 Å². The van der Waals surface area contributed by atoms with E-state index in [9.17, 15) is 21.6 Å². The minimum Gasteiger partial charge on any atom is -0.355 e. The first kappa shape index (κ1) is 20.2. The maximum absolute atomic E-state index is 12.6. The molecule has 6 nitrogen and oxygen atoms in total. The van der Waals surface area contributed by atoms with Crippen molar-refractivity contribution in [2.75, 3.05) is 18.0 Å². The second-order valence-electron chi connectivity index (χ2n) is 7.79. The summed E-state index contributed by atoms with van der Waals surface area (Å²) >= 11 is 0. The topological polar surface area (TPSA) is 78.1 Å². The van der Waals surface area contributed by atoms with Gasteiger partial charge in [-0.1, -0.05) is 12.1 Å². The van der Waals surface area contributed by atoms with Crippen molar-refractivity contribution in [1.82, 2.24) is 14.9 Å². The Hall–Kier alpha value is -2.07. The molecule has 4 rings (SSSR count). The lowest BCUT2D eigenvalue weighted by Gasteiger charge is -2.32. The lowest BCUT2D eigenvalue weighted by molar-refractivity contribution is -0.137. The average molecular weight is 428 g/mol. The molecule has 10 heteroatoms. The first-order valence-electron chi connectivity index (χ1n) is 9.66. The Morgan fingerprint density at radius 3 is 2.34 bits per heavy atom. The molecule has 1 aliphatic heterocycles. The number of sulfonamides is 1. The lowest BCUT2D eigenvalue weighted by Crippen LogP contribution is -2.45. The zero-order valence-electron chi connectivity index (χ0n) is 15.7. The summed E-state index contributed by atoms with van der Waals surface area (Å²) in [7, 11) is -3.64. The molecule has 0 atom stereocenters. The van der Waals surface area contributed by atoms with E-state index in [1.807, 2.05) is 0 Å². The highest BCUT2D eigenvalue weighted by atomic mass is 32.2. The fourth-order valence-electron chi connectivity index (χ4n) is 3.62. The highest BCUT2D eigenvalue weighted by Gasteiger charge is 2.31. The van der Waals surface area contributed by atoms with Crippen molar-refractivity contribution in [2.24, 2.45) is 0 Å². The monoisotopic (exact) mass is 428 g/mol. The standard InChI is InChI=1S/C19H23F3N4O2S/c20-19(21,22)15-5-1-13(2-6-15)12-29(27,28)25-16-7-9-26(10-8-16)18-11-17(23-24-18)14-3-4-14/h1-2,5-6,11,14,16,25H,3-4,7-10,12H2,(H,23,24). The molecule has 1 aliphatic carbocycles. The van der Waals surface area contributed by atoms with Gasteiger partial charge in [-0.3, -0.25) is 5.10 Å². The van der Waals surface area contributed by atoms with Gasteiger partial charge in [0.2, 0.25) is 10.0 Å². The molecule has 2 aliphatic rings. The van der Waals surface area contributed by atoms with Gasteiger partial charge >= 0.3 is 6.18 Å². The van der Waals surface area contributed by atoms with Crippen LogP contribution >= 0.6 is 0 Å². The quantitative estimate of drug-likeness (QED) is 0.739. The molecule has 1 aromatic heterocycles. The van der Waals surface area contributed by atoms with Crippen molar-refractivity contribution in [3.05, 3.63) is 47.2 Å². The lowest BCUT2D eigenvalue weighted by atomic mass is 10.1. The summed E-state index contributed by atoms with van der Waals surface area (Å²) in [5.74, 6) is 1.17. The largest absolute Gasteiger partial charge is 0.416 e. The van der Waals surface area contributed by atoms with Crippen molar-refractivity contribution >= 4 is 15.8 Å². The third-order valence-corrected chi connectivity index (χ3v) is 6.81. The third kappa shape index (κ3) is 5.11. The number of nitrogens with zero attached hydrogens (tertiary/aromatic N) is 2. The average Bonchev–Trinajstić information content (AvgIpc) is 3.38. The van der Waals surface area contributed by atoms with E-state index in [0.29, 0.717) is 37.4 Å². The molecule has 158 valence electrons. The number of benzene rings is 1. The summed E-state index contributed by atoms with van der Waals surface area (Å²) in [4.78, 5) is 2.14. The van der Waals surface area contributed by atoms with Gasteiger partial charge in [-0.25, -0.2) is 13.1 Å². The van der Waals surface area contributed by atoms with E-state index in [1.165, 1.54) is 30.7 Å². The second-order valence-corrected chi connectivity index (χ2v) is 9.54. The molecule has 0 radical (unpaired) electrons. The van der Waals surface area contributed by atoms with Crippen LogP contribution in [0.15, 0.2) is 30.3 Å². The molecule has 1 saturated heterocycles. The number of anilines is 1. The van der Waals surface area contributed by atoms with Crippen LogP contribution in [-0.4, -0.2) is 37.7 Å². The number of hydrogen-bond acceptors (Lipinski definition) is 4. The highest BCUT2D eigenvalue weighted by molar-refractivity contribution is 7.88. The summed E-state index contributed by atoms with van der Waals surface area (Å²) in [5.41, 5.74) is 0.702. The highest BCUT2D eigenvalue weighted by Crippen LogP contribution is 2.40. The van der Waals surface area contributed by atoms with E-state index < -0.39 is 21.8 Å². The van der Waals surface area contributed by atoms with Crippen molar-refractivity contribution in [2.45, 2.75) is 49.6 Å². The van der Waals surface area contributed by atoms with Crippen molar-refractivity contribution < 1.29 is 21.6 Å². The SMILES string of the molecule is O=S(=O)(Cc1ccc(C(F)(F)F)cc1)NC1CCN(c2cc(C3CC3)[nH]n2)CC1. The van der Waals surface area contributed by atoms with Crippen LogP contribution in [0.5, 0.6) is 0 Å². The Labute approximate surface area is 167 Å². The van der Waals surface area contributed by atoms with E-state index in [0.717, 1.165) is 18.0 Å². The fraction of sp³-hybridized carbons (Fsp3) is 0.526. The number of aromatic nitrogens is 2. The molecule has 2 heterocycles. The summed E-state index contributed by atoms with van der Waals surface area (Å²) in [6.45, 7) is 1.39. The molecule has 29 heavy (non-hydrogen) atoms. The molecule has 0 bridgehead atoms. The molecule has 0 spiro atoms. The number of H-pyrrole nitrogens is 1. The van der Waals surface area contributed by atoms with Crippen LogP contribution in [0.3, 0.4) is 0 Å². The van der Waals surface area contributed by atoms with Gasteiger partial charge in [0.15, 0.2) is 5.82 Å². The Bertz CT molecular complexity index is 945. The molecule has 2 fully saturated rings. The maximum Gasteiger partial charge on any atom is 0.416 e. The third-order valence-electron chi connectivity index (χ3n) is 5.40. The summed E-state index contributed by atoms with van der Waals surface area (Å²) < 4.78 is 65.4. The van der Waals surface area contributed by atoms with Crippen molar-refractivity contribution in [3.8, 4) is 0 Å². The van der Waals surface area contributed by atoms with Crippen LogP contribution in [0.1, 0.15) is 48.4 Å². The van der Waals surface area contributed by atoms with E-state index in [4.69, 9.17) is 0 Å². The predicted molar refractivity (Wildman–Crippen MR) is 103 cm³/mol. The van der Waals surface area contributed by atoms with Gasteiger partial charge in [0, 0.05) is 36.8 Å². The molecular formula is C19H23F3N4O2S. The Morgan fingerprint density at radius 1 is 1.10 bits per heavy atom. The van der Waals surface area contributed by atoms with Crippen LogP contribution in [0.2, 0.25) is 0 Å². The molecule has 2 aromatic rings. The molecule has 1 aromatic carbocycles. The normalized spacial score (nSPS) is 18.9. The minimum atomic E-state index is -4.43. The van der Waals surface area contributed by atoms with E-state index in [2.05, 4.69) is 25.9 Å². The number of halogens is 3. The zero-order valence-corrected chi connectivity index (χ0v) is 16.6. The van der Waals surface area contributed by atoms with E-state index in [1.54, 1.807) is 0 Å². The second kappa shape index (κ2) is 7.64. The van der Waals surface area contributed by atoms with Gasteiger partial charge in [-0.05, 0) is 43.4 Å². The summed E-state index contributed by atoms with van der Waals surface area (Å²) in [6.07, 6.45) is -0.734. The number of nitrogens with one attached hydrogen (secondary N) is 2. The smallest absolute Gasteiger partial charge is 0.355 e. The van der Waals surface area contributed by atoms with Crippen LogP contribution < -0.4 is 9.62 Å². The summed E-state index contributed by atoms with van der Waals surface area (Å²) in [5, 5.41) is 7.44. The number of rotatable bonds is 6. The van der Waals surface area contributed by atoms with Gasteiger partial charge in [0.05, 0.1) is 11.3 Å². The number of piperidine rings is 1. The van der Waals surface area contributed by atoms with Crippen LogP contribution in [-0.2, 0) is 22.0 Å². The Kier molecular flexibility index (Phi) is 5.32. The predicted octanol–water partition coefficient (Wildman–Crippen LogP) is 3.39. The molecular weight excluding hydrogens is 405 g/mol. The number of hydrogen-bond donors (Lipinski definition) is 2. The van der Waals surface area contributed by atoms with Crippen molar-refractivity contribution in [3.63, 3.8) is 0 Å². The summed E-state index contributed by atoms with van der Waals surface area (Å²) in [6, 6.07) is 6.12. The van der Waals surface area contributed by atoms with Gasteiger partial charge in [-0.2, -0.15) is 18.3 Å². The van der Waals surface area contributed by atoms with E-state index >= 15 is 0 Å². The molecule has 1 saturated carbocycles. The van der Waals surface area contributed by atoms with Crippen molar-refractivity contribution in [1.29, 1.82) is 0 Å². The first-order chi connectivity index (χ1) is 13.7. The van der Waals surface area contributed by atoms with Gasteiger partial charge in [0.25, 0.3) is 0 Å². The van der Waals surface area contributed by atoms with Crippen LogP contribution in [0.25, 0.3) is 0 Å². The van der Waals surface area contributed by atoms with Crippen LogP contribution in [0.4, 0.5) is 19.0 Å². The Morgan fingerprint density at radius 2 is 1.76 bits per heavy atom. The molecule has 2 N–H and O–H groups in total. The number of aromatic amines is 1. The van der Waals surface area contributed by atoms with Gasteiger partial charge < -0.3 is 4.90 Å². The molecule has 0 amide bonds. The maximum atomic E-state index is 12.6. The zero-order chi connectivity index (χ0) is 20.6. The minimum absolute atomic E-state index is 0.187. The number of alkyl halides is 3. The van der Waals surface area contributed by atoms with Crippen LogP contribution in [0, 0.1) is 0 Å². The Balaban J connectivity index is 1.29. The molecule has 0 unspecified atom stereocenters. The fourth-order valence-corrected chi connectivity index (χ4v) is 5.08. The first-order valence-corrected chi connectivity index (χ1v) is 11.3. The van der Waals surface area contributed by atoms with Gasteiger partial charge in [-0.15, -0.1) is 0 Å².